The first kappa shape index (κ1) is 15.7. The van der Waals surface area contributed by atoms with Crippen molar-refractivity contribution in [3.8, 4) is 11.5 Å². The average molecular weight is 245 g/mol. The van der Waals surface area contributed by atoms with Crippen LogP contribution in [0, 0.1) is 0 Å². The van der Waals surface area contributed by atoms with Crippen molar-refractivity contribution in [2.45, 2.75) is 19.5 Å². The predicted molar refractivity (Wildman–Crippen MR) is 59.5 cm³/mol. The molecule has 1 aromatic carbocycles. The maximum atomic E-state index is 12.0. The van der Waals surface area contributed by atoms with E-state index in [0.717, 1.165) is 6.42 Å². The molecule has 3 radical (unpaired) electrons. The van der Waals surface area contributed by atoms with Crippen molar-refractivity contribution in [3.63, 3.8) is 0 Å². The van der Waals surface area contributed by atoms with Gasteiger partial charge in [-0.05, 0) is 18.6 Å². The summed E-state index contributed by atoms with van der Waals surface area (Å²) in [5.41, 5.74) is 0. The minimum atomic E-state index is -4.34. The summed E-state index contributed by atoms with van der Waals surface area (Å²) in [6.07, 6.45) is -3.55. The lowest BCUT2D eigenvalue weighted by Gasteiger charge is -2.13. The molecule has 1 aromatic rings. The molecule has 6 heteroatoms. The van der Waals surface area contributed by atoms with E-state index in [1.807, 2.05) is 6.92 Å². The first-order valence-electron chi connectivity index (χ1n) is 4.94. The van der Waals surface area contributed by atoms with Gasteiger partial charge in [-0.2, -0.15) is 13.2 Å². The highest BCUT2D eigenvalue weighted by Gasteiger charge is 2.28. The van der Waals surface area contributed by atoms with Crippen LogP contribution in [0.15, 0.2) is 24.3 Å². The Balaban J connectivity index is 0.00000256. The summed E-state index contributed by atoms with van der Waals surface area (Å²) in [4.78, 5) is 0. The Morgan fingerprint density at radius 3 is 2.06 bits per heavy atom. The van der Waals surface area contributed by atoms with Gasteiger partial charge in [-0.3, -0.25) is 0 Å². The maximum Gasteiger partial charge on any atom is 0.422 e. The van der Waals surface area contributed by atoms with Crippen molar-refractivity contribution >= 4 is 8.41 Å². The van der Waals surface area contributed by atoms with Gasteiger partial charge in [-0.25, -0.2) is 0 Å². The van der Waals surface area contributed by atoms with Crippen LogP contribution in [0.4, 0.5) is 13.2 Å². The number of para-hydroxylation sites is 2. The second-order valence-electron chi connectivity index (χ2n) is 3.20. The zero-order valence-corrected chi connectivity index (χ0v) is 9.46. The zero-order chi connectivity index (χ0) is 12.0. The summed E-state index contributed by atoms with van der Waals surface area (Å²) in [6.45, 7) is 1.06. The molecule has 0 bridgehead atoms. The van der Waals surface area contributed by atoms with Gasteiger partial charge in [0.2, 0.25) is 0 Å². The predicted octanol–water partition coefficient (Wildman–Crippen LogP) is 3.04. The highest BCUT2D eigenvalue weighted by molar-refractivity contribution is 5.75. The highest BCUT2D eigenvalue weighted by atomic mass is 19.4. The van der Waals surface area contributed by atoms with E-state index >= 15 is 0 Å². The summed E-state index contributed by atoms with van der Waals surface area (Å²) in [7, 11) is 0. The summed E-state index contributed by atoms with van der Waals surface area (Å²) < 4.78 is 45.8. The highest BCUT2D eigenvalue weighted by Crippen LogP contribution is 2.28. The van der Waals surface area contributed by atoms with Crippen molar-refractivity contribution < 1.29 is 22.6 Å². The van der Waals surface area contributed by atoms with Gasteiger partial charge in [0.05, 0.1) is 6.61 Å². The van der Waals surface area contributed by atoms with Crippen molar-refractivity contribution in [3.05, 3.63) is 24.3 Å². The lowest BCUT2D eigenvalue weighted by molar-refractivity contribution is -0.153. The third-order valence-corrected chi connectivity index (χ3v) is 1.70. The minimum Gasteiger partial charge on any atom is -0.490 e. The molecule has 0 fully saturated rings. The number of alkyl halides is 3. The van der Waals surface area contributed by atoms with Gasteiger partial charge in [0.15, 0.2) is 18.1 Å². The van der Waals surface area contributed by atoms with Crippen molar-refractivity contribution in [1.82, 2.24) is 0 Å². The molecule has 93 valence electrons. The van der Waals surface area contributed by atoms with E-state index in [0.29, 0.717) is 12.4 Å². The number of hydrogen-bond donors (Lipinski definition) is 0. The molecule has 0 saturated carbocycles. The van der Waals surface area contributed by atoms with Gasteiger partial charge in [0.1, 0.15) is 0 Å². The maximum absolute atomic E-state index is 12.0. The van der Waals surface area contributed by atoms with Gasteiger partial charge in [-0.15, -0.1) is 0 Å². The molecule has 0 aliphatic heterocycles. The van der Waals surface area contributed by atoms with Gasteiger partial charge >= 0.3 is 6.18 Å². The summed E-state index contributed by atoms with van der Waals surface area (Å²) in [6, 6.07) is 6.33. The first-order valence-corrected chi connectivity index (χ1v) is 4.94. The topological polar surface area (TPSA) is 18.5 Å². The quantitative estimate of drug-likeness (QED) is 0.742. The monoisotopic (exact) mass is 245 g/mol. The summed E-state index contributed by atoms with van der Waals surface area (Å²) in [5.74, 6) is 0.460. The Kier molecular flexibility index (Phi) is 6.54. The standard InChI is InChI=1S/C11H13F3O2.B/c1-2-7-15-9-5-3-4-6-10(9)16-8-11(12,13)14;/h3-6H,2,7-8H2,1H3;. The molecular weight excluding hydrogens is 232 g/mol. The Bertz CT molecular complexity index is 329. The van der Waals surface area contributed by atoms with Gasteiger partial charge < -0.3 is 9.47 Å². The molecule has 0 aromatic heterocycles. The van der Waals surface area contributed by atoms with Crippen molar-refractivity contribution in [1.29, 1.82) is 0 Å². The molecule has 1 rings (SSSR count). The van der Waals surface area contributed by atoms with Crippen LogP contribution in [0.1, 0.15) is 13.3 Å². The molecule has 0 unspecified atom stereocenters. The van der Waals surface area contributed by atoms with Gasteiger partial charge in [-0.1, -0.05) is 19.1 Å². The normalized spacial score (nSPS) is 10.6. The smallest absolute Gasteiger partial charge is 0.422 e. The molecule has 0 atom stereocenters. The van der Waals surface area contributed by atoms with Crippen LogP contribution in [0.25, 0.3) is 0 Å². The molecule has 0 saturated heterocycles. The number of rotatable bonds is 5. The van der Waals surface area contributed by atoms with Crippen LogP contribution in [-0.2, 0) is 0 Å². The zero-order valence-electron chi connectivity index (χ0n) is 9.46. The summed E-state index contributed by atoms with van der Waals surface area (Å²) >= 11 is 0. The van der Waals surface area contributed by atoms with Crippen molar-refractivity contribution in [2.75, 3.05) is 13.2 Å². The minimum absolute atomic E-state index is 0. The molecule has 2 nitrogen and oxygen atoms in total. The third-order valence-electron chi connectivity index (χ3n) is 1.70. The second-order valence-corrected chi connectivity index (χ2v) is 3.20. The molecule has 0 heterocycles. The number of halogens is 3. The lowest BCUT2D eigenvalue weighted by Crippen LogP contribution is -2.19. The second kappa shape index (κ2) is 7.09. The fourth-order valence-electron chi connectivity index (χ4n) is 1.06. The lowest BCUT2D eigenvalue weighted by atomic mass is 10.3. The van der Waals surface area contributed by atoms with Crippen LogP contribution >= 0.6 is 0 Å². The summed E-state index contributed by atoms with van der Waals surface area (Å²) in [5, 5.41) is 0. The molecule has 0 spiro atoms. The Hall–Kier alpha value is -1.33. The molecule has 0 N–H and O–H groups in total. The number of hydrogen-bond acceptors (Lipinski definition) is 2. The van der Waals surface area contributed by atoms with E-state index < -0.39 is 12.8 Å². The largest absolute Gasteiger partial charge is 0.490 e. The SMILES string of the molecule is CCCOc1ccccc1OCC(F)(F)F.[B]. The average Bonchev–Trinajstić information content (AvgIpc) is 2.23. The van der Waals surface area contributed by atoms with E-state index in [9.17, 15) is 13.2 Å². The van der Waals surface area contributed by atoms with Crippen LogP contribution in [0.3, 0.4) is 0 Å². The van der Waals surface area contributed by atoms with E-state index in [-0.39, 0.29) is 14.2 Å². The Labute approximate surface area is 100 Å². The van der Waals surface area contributed by atoms with E-state index in [1.165, 1.54) is 6.07 Å². The molecule has 0 aliphatic carbocycles. The van der Waals surface area contributed by atoms with Gasteiger partial charge in [0, 0.05) is 8.41 Å². The van der Waals surface area contributed by atoms with E-state index in [2.05, 4.69) is 4.74 Å². The van der Waals surface area contributed by atoms with Crippen LogP contribution in [0.5, 0.6) is 11.5 Å². The molecule has 0 aliphatic rings. The molecular formula is C11H13BF3O2. The third kappa shape index (κ3) is 6.09. The molecule has 17 heavy (non-hydrogen) atoms. The molecule has 0 amide bonds. The van der Waals surface area contributed by atoms with Crippen LogP contribution in [-0.4, -0.2) is 27.8 Å². The van der Waals surface area contributed by atoms with E-state index in [4.69, 9.17) is 4.74 Å². The Morgan fingerprint density at radius 1 is 1.06 bits per heavy atom. The van der Waals surface area contributed by atoms with Crippen LogP contribution in [0.2, 0.25) is 0 Å². The van der Waals surface area contributed by atoms with Gasteiger partial charge in [0.25, 0.3) is 0 Å². The van der Waals surface area contributed by atoms with Crippen LogP contribution < -0.4 is 9.47 Å². The fourth-order valence-corrected chi connectivity index (χ4v) is 1.06. The fraction of sp³-hybridized carbons (Fsp3) is 0.455. The van der Waals surface area contributed by atoms with E-state index in [1.54, 1.807) is 18.2 Å². The number of ether oxygens (including phenoxy) is 2. The first-order chi connectivity index (χ1) is 7.53. The number of benzene rings is 1. The van der Waals surface area contributed by atoms with Crippen molar-refractivity contribution in [2.24, 2.45) is 0 Å². The Morgan fingerprint density at radius 2 is 1.59 bits per heavy atom.